The molecule has 0 bridgehead atoms. The van der Waals surface area contributed by atoms with Crippen LogP contribution in [0.1, 0.15) is 26.7 Å². The van der Waals surface area contributed by atoms with Gasteiger partial charge in [0.1, 0.15) is 0 Å². The normalized spacial score (nSPS) is 12.5. The average Bonchev–Trinajstić information content (AvgIpc) is 2.06. The molecule has 1 N–H and O–H groups in total. The van der Waals surface area contributed by atoms with E-state index in [4.69, 9.17) is 0 Å². The molecule has 1 rings (SSSR count). The molecule has 0 spiro atoms. The molecule has 1 atom stereocenters. The summed E-state index contributed by atoms with van der Waals surface area (Å²) in [4.78, 5) is 8.00. The lowest BCUT2D eigenvalue weighted by Crippen LogP contribution is -2.16. The van der Waals surface area contributed by atoms with Gasteiger partial charge in [-0.25, -0.2) is 9.97 Å². The Balaban J connectivity index is 2.41. The predicted molar refractivity (Wildman–Crippen MR) is 48.9 cm³/mol. The molecule has 1 aromatic heterocycles. The van der Waals surface area contributed by atoms with Crippen LogP contribution in [0.25, 0.3) is 0 Å². The molecule has 0 aliphatic rings. The van der Waals surface area contributed by atoms with E-state index >= 15 is 0 Å². The highest BCUT2D eigenvalue weighted by Gasteiger charge is 2.00. The molecule has 1 aromatic rings. The van der Waals surface area contributed by atoms with E-state index in [0.29, 0.717) is 12.0 Å². The Morgan fingerprint density at radius 2 is 2.50 bits per heavy atom. The lowest BCUT2D eigenvalue weighted by molar-refractivity contribution is 0.683. The summed E-state index contributed by atoms with van der Waals surface area (Å²) >= 11 is 0. The molecule has 3 nitrogen and oxygen atoms in total. The summed E-state index contributed by atoms with van der Waals surface area (Å²) in [5.41, 5.74) is 0. The van der Waals surface area contributed by atoms with E-state index < -0.39 is 0 Å². The fourth-order valence-corrected chi connectivity index (χ4v) is 1.06. The van der Waals surface area contributed by atoms with Gasteiger partial charge in [-0.05, 0) is 19.4 Å². The van der Waals surface area contributed by atoms with E-state index in [1.54, 1.807) is 12.3 Å². The van der Waals surface area contributed by atoms with Gasteiger partial charge in [-0.1, -0.05) is 13.3 Å². The fraction of sp³-hybridized carbons (Fsp3) is 0.556. The summed E-state index contributed by atoms with van der Waals surface area (Å²) in [6.07, 6.45) is 6.73. The Morgan fingerprint density at radius 3 is 3.08 bits per heavy atom. The van der Waals surface area contributed by atoms with Crippen molar-refractivity contribution in [3.8, 4) is 0 Å². The van der Waals surface area contributed by atoms with Crippen molar-refractivity contribution in [2.45, 2.75) is 32.7 Å². The Kier molecular flexibility index (Phi) is 3.51. The largest absolute Gasteiger partial charge is 0.352 e. The van der Waals surface area contributed by atoms with Crippen LogP contribution in [-0.4, -0.2) is 16.0 Å². The number of anilines is 1. The summed E-state index contributed by atoms with van der Waals surface area (Å²) in [5, 5.41) is 3.19. The molecule has 0 saturated carbocycles. The number of hydrogen-bond acceptors (Lipinski definition) is 3. The molecule has 12 heavy (non-hydrogen) atoms. The van der Waals surface area contributed by atoms with E-state index in [1.807, 2.05) is 0 Å². The zero-order chi connectivity index (χ0) is 8.81. The van der Waals surface area contributed by atoms with Gasteiger partial charge in [0.05, 0.1) is 6.20 Å². The first-order valence-corrected chi connectivity index (χ1v) is 4.28. The van der Waals surface area contributed by atoms with Crippen molar-refractivity contribution in [3.63, 3.8) is 0 Å². The van der Waals surface area contributed by atoms with Crippen molar-refractivity contribution in [1.29, 1.82) is 0 Å². The topological polar surface area (TPSA) is 37.8 Å². The molecule has 3 heteroatoms. The summed E-state index contributed by atoms with van der Waals surface area (Å²) in [7, 11) is 0. The second-order valence-electron chi connectivity index (χ2n) is 2.84. The van der Waals surface area contributed by atoms with Crippen LogP contribution in [0.3, 0.4) is 0 Å². The summed E-state index contributed by atoms with van der Waals surface area (Å²) in [6.45, 7) is 4.29. The molecule has 0 fully saturated rings. The van der Waals surface area contributed by atoms with Gasteiger partial charge in [-0.15, -0.1) is 0 Å². The molecule has 1 heterocycles. The van der Waals surface area contributed by atoms with Crippen molar-refractivity contribution in [2.24, 2.45) is 0 Å². The molecule has 0 aliphatic carbocycles. The first-order chi connectivity index (χ1) is 5.83. The van der Waals surface area contributed by atoms with Crippen molar-refractivity contribution in [3.05, 3.63) is 18.5 Å². The van der Waals surface area contributed by atoms with Crippen LogP contribution >= 0.6 is 0 Å². The monoisotopic (exact) mass is 164 g/mol. The molecule has 1 radical (unpaired) electrons. The number of nitrogens with zero attached hydrogens (tertiary/aromatic N) is 2. The van der Waals surface area contributed by atoms with E-state index in [0.717, 1.165) is 6.42 Å². The van der Waals surface area contributed by atoms with Crippen molar-refractivity contribution in [2.75, 3.05) is 5.32 Å². The third-order valence-electron chi connectivity index (χ3n) is 1.61. The summed E-state index contributed by atoms with van der Waals surface area (Å²) < 4.78 is 0. The zero-order valence-electron chi connectivity index (χ0n) is 7.54. The minimum atomic E-state index is 0.436. The predicted octanol–water partition coefficient (Wildman–Crippen LogP) is 1.88. The van der Waals surface area contributed by atoms with Crippen molar-refractivity contribution >= 4 is 5.95 Å². The Hall–Kier alpha value is -1.12. The summed E-state index contributed by atoms with van der Waals surface area (Å²) in [5.74, 6) is 0.665. The lowest BCUT2D eigenvalue weighted by Gasteiger charge is -2.11. The SMILES string of the molecule is CCCC(C)Nc1n[c]ccn1. The zero-order valence-corrected chi connectivity index (χ0v) is 7.54. The number of hydrogen-bond donors (Lipinski definition) is 1. The van der Waals surface area contributed by atoms with Crippen LogP contribution in [-0.2, 0) is 0 Å². The van der Waals surface area contributed by atoms with E-state index in [9.17, 15) is 0 Å². The minimum absolute atomic E-state index is 0.436. The minimum Gasteiger partial charge on any atom is -0.352 e. The summed E-state index contributed by atoms with van der Waals surface area (Å²) in [6, 6.07) is 2.13. The van der Waals surface area contributed by atoms with Gasteiger partial charge < -0.3 is 5.32 Å². The van der Waals surface area contributed by atoms with Crippen molar-refractivity contribution < 1.29 is 0 Å². The second kappa shape index (κ2) is 4.70. The fourth-order valence-electron chi connectivity index (χ4n) is 1.06. The van der Waals surface area contributed by atoms with Crippen LogP contribution in [0.2, 0.25) is 0 Å². The standard InChI is InChI=1S/C9H14N3/c1-3-5-8(2)12-9-10-6-4-7-11-9/h4,6,8H,3,5H2,1-2H3,(H,10,11,12). The van der Waals surface area contributed by atoms with E-state index in [1.165, 1.54) is 6.42 Å². The molecule has 0 aliphatic heterocycles. The highest BCUT2D eigenvalue weighted by Crippen LogP contribution is 2.02. The number of aromatic nitrogens is 2. The third-order valence-corrected chi connectivity index (χ3v) is 1.61. The van der Waals surface area contributed by atoms with Gasteiger partial charge in [0.25, 0.3) is 0 Å². The Bertz CT molecular complexity index is 210. The van der Waals surface area contributed by atoms with Gasteiger partial charge in [0.15, 0.2) is 0 Å². The van der Waals surface area contributed by atoms with Gasteiger partial charge in [-0.2, -0.15) is 0 Å². The van der Waals surface area contributed by atoms with Gasteiger partial charge in [0, 0.05) is 12.2 Å². The molecule has 0 aromatic carbocycles. The van der Waals surface area contributed by atoms with Crippen LogP contribution in [0.5, 0.6) is 0 Å². The highest BCUT2D eigenvalue weighted by atomic mass is 15.1. The van der Waals surface area contributed by atoms with E-state index in [2.05, 4.69) is 35.3 Å². The maximum absolute atomic E-state index is 4.05. The third kappa shape index (κ3) is 2.86. The average molecular weight is 164 g/mol. The van der Waals surface area contributed by atoms with Crippen LogP contribution in [0.15, 0.2) is 12.3 Å². The first-order valence-electron chi connectivity index (χ1n) is 4.28. The molecule has 65 valence electrons. The second-order valence-corrected chi connectivity index (χ2v) is 2.84. The van der Waals surface area contributed by atoms with Crippen LogP contribution in [0.4, 0.5) is 5.95 Å². The van der Waals surface area contributed by atoms with Gasteiger partial charge in [0.2, 0.25) is 5.95 Å². The molecular formula is C9H14N3. The first kappa shape index (κ1) is 8.97. The molecule has 0 saturated heterocycles. The van der Waals surface area contributed by atoms with Crippen LogP contribution in [0, 0.1) is 6.20 Å². The molecule has 0 amide bonds. The Morgan fingerprint density at radius 1 is 1.67 bits per heavy atom. The van der Waals surface area contributed by atoms with Crippen LogP contribution < -0.4 is 5.32 Å². The van der Waals surface area contributed by atoms with Gasteiger partial charge in [-0.3, -0.25) is 0 Å². The maximum atomic E-state index is 4.05. The number of nitrogens with one attached hydrogen (secondary N) is 1. The smallest absolute Gasteiger partial charge is 0.223 e. The maximum Gasteiger partial charge on any atom is 0.223 e. The molecular weight excluding hydrogens is 150 g/mol. The lowest BCUT2D eigenvalue weighted by atomic mass is 10.2. The highest BCUT2D eigenvalue weighted by molar-refractivity contribution is 5.23. The van der Waals surface area contributed by atoms with Crippen molar-refractivity contribution in [1.82, 2.24) is 9.97 Å². The van der Waals surface area contributed by atoms with Gasteiger partial charge >= 0.3 is 0 Å². The van der Waals surface area contributed by atoms with E-state index in [-0.39, 0.29) is 0 Å². The molecule has 1 unspecified atom stereocenters. The number of rotatable bonds is 4. The Labute approximate surface area is 73.2 Å². The quantitative estimate of drug-likeness (QED) is 0.738.